The lowest BCUT2D eigenvalue weighted by Crippen LogP contribution is -2.50. The fourth-order valence-corrected chi connectivity index (χ4v) is 3.01. The molecule has 1 aromatic carbocycles. The lowest BCUT2D eigenvalue weighted by Gasteiger charge is -2.38. The first kappa shape index (κ1) is 19.5. The summed E-state index contributed by atoms with van der Waals surface area (Å²) in [7, 11) is 0. The summed E-state index contributed by atoms with van der Waals surface area (Å²) in [6.07, 6.45) is 2.57. The highest BCUT2D eigenvalue weighted by Crippen LogP contribution is 2.19. The second-order valence-corrected chi connectivity index (χ2v) is 5.68. The summed E-state index contributed by atoms with van der Waals surface area (Å²) >= 11 is 0. The first-order valence-corrected chi connectivity index (χ1v) is 8.01. The summed E-state index contributed by atoms with van der Waals surface area (Å²) in [4.78, 5) is 28.1. The zero-order chi connectivity index (χ0) is 15.9. The lowest BCUT2D eigenvalue weighted by atomic mass is 10.0. The van der Waals surface area contributed by atoms with Crippen LogP contribution in [0.15, 0.2) is 30.3 Å². The van der Waals surface area contributed by atoms with Gasteiger partial charge in [-0.15, -0.1) is 12.4 Å². The summed E-state index contributed by atoms with van der Waals surface area (Å²) in [5, 5.41) is 0. The maximum Gasteiger partial charge on any atom is 0.253 e. The van der Waals surface area contributed by atoms with Crippen LogP contribution in [-0.4, -0.2) is 53.8 Å². The predicted octanol–water partition coefficient (Wildman–Crippen LogP) is 1.91. The number of nitrogens with zero attached hydrogens (tertiary/aromatic N) is 2. The molecule has 6 heteroatoms. The predicted molar refractivity (Wildman–Crippen MR) is 93.7 cm³/mol. The molecule has 128 valence electrons. The van der Waals surface area contributed by atoms with Crippen molar-refractivity contribution >= 4 is 24.2 Å². The molecule has 0 aromatic heterocycles. The molecule has 0 unspecified atom stereocenters. The third-order valence-electron chi connectivity index (χ3n) is 4.17. The summed E-state index contributed by atoms with van der Waals surface area (Å²) in [6, 6.07) is 9.55. The summed E-state index contributed by atoms with van der Waals surface area (Å²) in [6.45, 7) is 4.24. The Morgan fingerprint density at radius 2 is 1.83 bits per heavy atom. The van der Waals surface area contributed by atoms with Crippen molar-refractivity contribution in [1.29, 1.82) is 0 Å². The van der Waals surface area contributed by atoms with Crippen molar-refractivity contribution in [1.82, 2.24) is 9.80 Å². The molecule has 1 saturated heterocycles. The first-order valence-electron chi connectivity index (χ1n) is 8.01. The van der Waals surface area contributed by atoms with Crippen LogP contribution in [0, 0.1) is 0 Å². The third kappa shape index (κ3) is 4.94. The molecule has 0 spiro atoms. The Kier molecular flexibility index (Phi) is 8.06. The van der Waals surface area contributed by atoms with E-state index in [1.165, 1.54) is 0 Å². The Morgan fingerprint density at radius 3 is 2.35 bits per heavy atom. The summed E-state index contributed by atoms with van der Waals surface area (Å²) in [5.41, 5.74) is 6.23. The van der Waals surface area contributed by atoms with E-state index < -0.39 is 0 Å². The van der Waals surface area contributed by atoms with Gasteiger partial charge in [0.15, 0.2) is 0 Å². The molecular formula is C17H26ClN3O2. The van der Waals surface area contributed by atoms with E-state index in [1.807, 2.05) is 40.1 Å². The fourth-order valence-electron chi connectivity index (χ4n) is 3.01. The summed E-state index contributed by atoms with van der Waals surface area (Å²) < 4.78 is 0. The average molecular weight is 340 g/mol. The quantitative estimate of drug-likeness (QED) is 0.891. The number of hydrogen-bond donors (Lipinski definition) is 1. The number of hydrogen-bond acceptors (Lipinski definition) is 3. The second kappa shape index (κ2) is 9.53. The molecule has 23 heavy (non-hydrogen) atoms. The van der Waals surface area contributed by atoms with E-state index in [-0.39, 0.29) is 36.8 Å². The van der Waals surface area contributed by atoms with Gasteiger partial charge in [-0.1, -0.05) is 25.1 Å². The van der Waals surface area contributed by atoms with E-state index in [0.29, 0.717) is 13.1 Å². The van der Waals surface area contributed by atoms with E-state index in [9.17, 15) is 9.59 Å². The minimum atomic E-state index is 0. The van der Waals surface area contributed by atoms with Crippen molar-refractivity contribution in [2.75, 3.05) is 26.2 Å². The van der Waals surface area contributed by atoms with E-state index in [1.54, 1.807) is 0 Å². The Hall–Kier alpha value is -1.59. The zero-order valence-electron chi connectivity index (χ0n) is 13.6. The van der Waals surface area contributed by atoms with Crippen LogP contribution in [0.5, 0.6) is 0 Å². The zero-order valence-corrected chi connectivity index (χ0v) is 14.4. The SMILES string of the molecule is CCCN(C(=O)CN)C1CCN(C(=O)c2ccccc2)CC1.Cl. The van der Waals surface area contributed by atoms with Crippen LogP contribution in [0.4, 0.5) is 0 Å². The Morgan fingerprint density at radius 1 is 1.22 bits per heavy atom. The number of benzene rings is 1. The Balaban J connectivity index is 0.00000264. The second-order valence-electron chi connectivity index (χ2n) is 5.68. The fraction of sp³-hybridized carbons (Fsp3) is 0.529. The molecule has 1 aliphatic rings. The molecule has 0 bridgehead atoms. The van der Waals surface area contributed by atoms with Crippen LogP contribution >= 0.6 is 12.4 Å². The molecule has 0 aliphatic carbocycles. The van der Waals surface area contributed by atoms with Gasteiger partial charge in [0.05, 0.1) is 6.54 Å². The Labute approximate surface area is 144 Å². The molecular weight excluding hydrogens is 314 g/mol. The van der Waals surface area contributed by atoms with Gasteiger partial charge in [-0.2, -0.15) is 0 Å². The molecule has 2 amide bonds. The number of halogens is 1. The van der Waals surface area contributed by atoms with Crippen molar-refractivity contribution in [2.45, 2.75) is 32.2 Å². The number of carbonyl (C=O) groups excluding carboxylic acids is 2. The molecule has 2 rings (SSSR count). The monoisotopic (exact) mass is 339 g/mol. The number of nitrogens with two attached hydrogens (primary N) is 1. The normalized spacial score (nSPS) is 15.0. The van der Waals surface area contributed by atoms with E-state index in [4.69, 9.17) is 5.73 Å². The number of piperidine rings is 1. The molecule has 0 radical (unpaired) electrons. The van der Waals surface area contributed by atoms with Gasteiger partial charge in [0, 0.05) is 31.2 Å². The van der Waals surface area contributed by atoms with Crippen LogP contribution in [0.3, 0.4) is 0 Å². The van der Waals surface area contributed by atoms with Gasteiger partial charge < -0.3 is 15.5 Å². The molecule has 1 aliphatic heterocycles. The summed E-state index contributed by atoms with van der Waals surface area (Å²) in [5.74, 6) is 0.0842. The van der Waals surface area contributed by atoms with Gasteiger partial charge in [0.25, 0.3) is 5.91 Å². The number of rotatable bonds is 5. The molecule has 0 saturated carbocycles. The van der Waals surface area contributed by atoms with Crippen molar-refractivity contribution in [3.63, 3.8) is 0 Å². The van der Waals surface area contributed by atoms with Crippen molar-refractivity contribution in [2.24, 2.45) is 5.73 Å². The molecule has 1 fully saturated rings. The third-order valence-corrected chi connectivity index (χ3v) is 4.17. The van der Waals surface area contributed by atoms with Crippen molar-refractivity contribution in [3.8, 4) is 0 Å². The first-order chi connectivity index (χ1) is 10.7. The lowest BCUT2D eigenvalue weighted by molar-refractivity contribution is -0.132. The van der Waals surface area contributed by atoms with Gasteiger partial charge in [-0.05, 0) is 31.4 Å². The van der Waals surface area contributed by atoms with E-state index in [2.05, 4.69) is 6.92 Å². The minimum absolute atomic E-state index is 0. The van der Waals surface area contributed by atoms with E-state index >= 15 is 0 Å². The highest BCUT2D eigenvalue weighted by Gasteiger charge is 2.28. The van der Waals surface area contributed by atoms with Gasteiger partial charge in [-0.25, -0.2) is 0 Å². The maximum atomic E-state index is 12.4. The molecule has 0 atom stereocenters. The highest BCUT2D eigenvalue weighted by atomic mass is 35.5. The number of amides is 2. The van der Waals surface area contributed by atoms with Crippen LogP contribution in [-0.2, 0) is 4.79 Å². The highest BCUT2D eigenvalue weighted by molar-refractivity contribution is 5.94. The largest absolute Gasteiger partial charge is 0.338 e. The van der Waals surface area contributed by atoms with Crippen LogP contribution in [0.1, 0.15) is 36.5 Å². The molecule has 5 nitrogen and oxygen atoms in total. The smallest absolute Gasteiger partial charge is 0.253 e. The number of carbonyl (C=O) groups is 2. The topological polar surface area (TPSA) is 66.6 Å². The van der Waals surface area contributed by atoms with Gasteiger partial charge >= 0.3 is 0 Å². The number of likely N-dealkylation sites (tertiary alicyclic amines) is 1. The average Bonchev–Trinajstić information content (AvgIpc) is 2.59. The van der Waals surface area contributed by atoms with Crippen LogP contribution in [0.25, 0.3) is 0 Å². The molecule has 1 aromatic rings. The Bertz CT molecular complexity index is 502. The van der Waals surface area contributed by atoms with Crippen molar-refractivity contribution < 1.29 is 9.59 Å². The van der Waals surface area contributed by atoms with Gasteiger partial charge in [0.2, 0.25) is 5.91 Å². The van der Waals surface area contributed by atoms with Gasteiger partial charge in [0.1, 0.15) is 0 Å². The van der Waals surface area contributed by atoms with E-state index in [0.717, 1.165) is 31.4 Å². The molecule has 2 N–H and O–H groups in total. The van der Waals surface area contributed by atoms with Crippen LogP contribution < -0.4 is 5.73 Å². The van der Waals surface area contributed by atoms with Crippen molar-refractivity contribution in [3.05, 3.63) is 35.9 Å². The van der Waals surface area contributed by atoms with Gasteiger partial charge in [-0.3, -0.25) is 9.59 Å². The molecule has 1 heterocycles. The maximum absolute atomic E-state index is 12.4. The van der Waals surface area contributed by atoms with Crippen LogP contribution in [0.2, 0.25) is 0 Å². The minimum Gasteiger partial charge on any atom is -0.338 e. The standard InChI is InChI=1S/C17H25N3O2.ClH/c1-2-10-20(16(21)13-18)15-8-11-19(12-9-15)17(22)14-6-4-3-5-7-14;/h3-7,15H,2,8-13,18H2,1H3;1H.